The van der Waals surface area contributed by atoms with Crippen molar-refractivity contribution in [1.82, 2.24) is 19.6 Å². The van der Waals surface area contributed by atoms with Crippen molar-refractivity contribution in [2.45, 2.75) is 51.6 Å². The number of H-pyrrole nitrogens is 1. The number of hydrogen-bond acceptors (Lipinski definition) is 5. The number of amides is 1. The van der Waals surface area contributed by atoms with Gasteiger partial charge in [0.25, 0.3) is 5.91 Å². The Hall–Kier alpha value is -3.69. The maximum Gasteiger partial charge on any atom is 0.254 e. The predicted octanol–water partition coefficient (Wildman–Crippen LogP) is 4.82. The van der Waals surface area contributed by atoms with Crippen LogP contribution in [0.2, 0.25) is 0 Å². The van der Waals surface area contributed by atoms with Crippen molar-refractivity contribution in [3.8, 4) is 16.9 Å². The third-order valence-corrected chi connectivity index (χ3v) is 8.31. The lowest BCUT2D eigenvalue weighted by molar-refractivity contribution is 0.0732. The molecule has 1 aliphatic heterocycles. The molecule has 0 fully saturated rings. The summed E-state index contributed by atoms with van der Waals surface area (Å²) in [5.41, 5.74) is 6.10. The fourth-order valence-corrected chi connectivity index (χ4v) is 6.15. The standard InChI is InChI=1S/C29H32N4O4S/c1-5-20-15-24(38(35,36)32-18(2)3)8-9-25(20)29(34)33-12-13-37-28-11-7-21(14-23(28)17-33)22-6-10-26-27(16-22)31-19(4)30-26/h6-11,14-16,18,32H,5,12-13,17H2,1-4H3,(H,30,31). The third kappa shape index (κ3) is 5.16. The summed E-state index contributed by atoms with van der Waals surface area (Å²) in [5, 5.41) is 0. The Morgan fingerprint density at radius 1 is 1.11 bits per heavy atom. The number of carbonyl (C=O) groups excluding carboxylic acids is 1. The van der Waals surface area contributed by atoms with Crippen LogP contribution in [0.1, 0.15) is 48.1 Å². The first-order valence-electron chi connectivity index (χ1n) is 12.8. The van der Waals surface area contributed by atoms with E-state index in [-0.39, 0.29) is 16.8 Å². The molecule has 3 aromatic carbocycles. The predicted molar refractivity (Wildman–Crippen MR) is 148 cm³/mol. The zero-order valence-electron chi connectivity index (χ0n) is 22.0. The van der Waals surface area contributed by atoms with Crippen LogP contribution in [0.25, 0.3) is 22.2 Å². The van der Waals surface area contributed by atoms with Gasteiger partial charge in [-0.05, 0) is 86.3 Å². The molecule has 0 saturated carbocycles. The number of imidazole rings is 1. The number of aromatic nitrogens is 2. The smallest absolute Gasteiger partial charge is 0.254 e. The van der Waals surface area contributed by atoms with Crippen LogP contribution in [0, 0.1) is 6.92 Å². The second kappa shape index (κ2) is 10.2. The van der Waals surface area contributed by atoms with Gasteiger partial charge < -0.3 is 14.6 Å². The number of carbonyl (C=O) groups is 1. The van der Waals surface area contributed by atoms with E-state index in [4.69, 9.17) is 4.74 Å². The SMILES string of the molecule is CCc1cc(S(=O)(=O)NC(C)C)ccc1C(=O)N1CCOc2ccc(-c3ccc4nc(C)[nH]c4c3)cc2C1. The maximum atomic E-state index is 13.7. The van der Waals surface area contributed by atoms with Crippen LogP contribution in [-0.4, -0.2) is 48.4 Å². The fraction of sp³-hybridized carbons (Fsp3) is 0.310. The van der Waals surface area contributed by atoms with Gasteiger partial charge >= 0.3 is 0 Å². The van der Waals surface area contributed by atoms with Crippen LogP contribution >= 0.6 is 0 Å². The number of sulfonamides is 1. The first-order valence-corrected chi connectivity index (χ1v) is 14.3. The summed E-state index contributed by atoms with van der Waals surface area (Å²) in [4.78, 5) is 23.4. The quantitative estimate of drug-likeness (QED) is 0.370. The largest absolute Gasteiger partial charge is 0.491 e. The van der Waals surface area contributed by atoms with Gasteiger partial charge in [0.15, 0.2) is 0 Å². The van der Waals surface area contributed by atoms with Gasteiger partial charge in [0.05, 0.1) is 22.5 Å². The van der Waals surface area contributed by atoms with Gasteiger partial charge in [-0.3, -0.25) is 4.79 Å². The van der Waals surface area contributed by atoms with E-state index in [0.29, 0.717) is 37.2 Å². The molecule has 0 radical (unpaired) electrons. The van der Waals surface area contributed by atoms with Crippen molar-refractivity contribution in [2.75, 3.05) is 13.2 Å². The van der Waals surface area contributed by atoms with E-state index >= 15 is 0 Å². The number of rotatable bonds is 6. The van der Waals surface area contributed by atoms with Crippen molar-refractivity contribution in [2.24, 2.45) is 0 Å². The molecule has 5 rings (SSSR count). The summed E-state index contributed by atoms with van der Waals surface area (Å²) in [6, 6.07) is 16.7. The lowest BCUT2D eigenvalue weighted by Gasteiger charge is -2.22. The van der Waals surface area contributed by atoms with Crippen LogP contribution in [0.5, 0.6) is 5.75 Å². The molecule has 0 unspecified atom stereocenters. The molecule has 1 aliphatic rings. The first kappa shape index (κ1) is 25.9. The summed E-state index contributed by atoms with van der Waals surface area (Å²) in [5.74, 6) is 1.49. The first-order chi connectivity index (χ1) is 18.1. The zero-order valence-corrected chi connectivity index (χ0v) is 22.9. The molecule has 8 nitrogen and oxygen atoms in total. The lowest BCUT2D eigenvalue weighted by Crippen LogP contribution is -2.33. The minimum Gasteiger partial charge on any atom is -0.491 e. The molecule has 0 bridgehead atoms. The molecular formula is C29H32N4O4S. The molecule has 1 amide bonds. The van der Waals surface area contributed by atoms with E-state index < -0.39 is 10.0 Å². The van der Waals surface area contributed by atoms with Gasteiger partial charge in [-0.2, -0.15) is 0 Å². The molecule has 9 heteroatoms. The van der Waals surface area contributed by atoms with Crippen LogP contribution in [0.4, 0.5) is 0 Å². The van der Waals surface area contributed by atoms with Gasteiger partial charge in [-0.25, -0.2) is 18.1 Å². The number of fused-ring (bicyclic) bond motifs is 2. The van der Waals surface area contributed by atoms with E-state index in [2.05, 4.69) is 26.8 Å². The minimum absolute atomic E-state index is 0.140. The number of nitrogens with zero attached hydrogens (tertiary/aromatic N) is 2. The molecule has 38 heavy (non-hydrogen) atoms. The maximum absolute atomic E-state index is 13.7. The van der Waals surface area contributed by atoms with E-state index in [9.17, 15) is 13.2 Å². The van der Waals surface area contributed by atoms with Gasteiger partial charge in [0.1, 0.15) is 18.2 Å². The summed E-state index contributed by atoms with van der Waals surface area (Å²) in [6.07, 6.45) is 0.534. The molecule has 1 aromatic heterocycles. The highest BCUT2D eigenvalue weighted by molar-refractivity contribution is 7.89. The Kier molecular flexibility index (Phi) is 6.98. The van der Waals surface area contributed by atoms with Crippen LogP contribution in [0.15, 0.2) is 59.5 Å². The number of hydrogen-bond donors (Lipinski definition) is 2. The molecule has 0 saturated heterocycles. The Morgan fingerprint density at radius 2 is 1.87 bits per heavy atom. The highest BCUT2D eigenvalue weighted by atomic mass is 32.2. The van der Waals surface area contributed by atoms with Crippen LogP contribution in [-0.2, 0) is 23.0 Å². The van der Waals surface area contributed by atoms with E-state index in [1.165, 1.54) is 6.07 Å². The number of nitrogens with one attached hydrogen (secondary N) is 2. The molecule has 4 aromatic rings. The molecule has 0 atom stereocenters. The van der Waals surface area contributed by atoms with Gasteiger partial charge in [0, 0.05) is 23.7 Å². The topological polar surface area (TPSA) is 104 Å². The molecule has 0 aliphatic carbocycles. The number of aryl methyl sites for hydroxylation is 2. The van der Waals surface area contributed by atoms with Gasteiger partial charge in [-0.15, -0.1) is 0 Å². The van der Waals surface area contributed by atoms with E-state index in [1.54, 1.807) is 30.9 Å². The number of ether oxygens (including phenoxy) is 1. The Balaban J connectivity index is 1.43. The van der Waals surface area contributed by atoms with Crippen molar-refractivity contribution < 1.29 is 17.9 Å². The van der Waals surface area contributed by atoms with Crippen molar-refractivity contribution >= 4 is 27.0 Å². The zero-order chi connectivity index (χ0) is 27.0. The van der Waals surface area contributed by atoms with Gasteiger partial charge in [0.2, 0.25) is 10.0 Å². The minimum atomic E-state index is -3.65. The summed E-state index contributed by atoms with van der Waals surface area (Å²) in [6.45, 7) is 8.61. The van der Waals surface area contributed by atoms with E-state index in [0.717, 1.165) is 39.3 Å². The molecule has 198 valence electrons. The highest BCUT2D eigenvalue weighted by Gasteiger charge is 2.25. The Morgan fingerprint density at radius 3 is 2.63 bits per heavy atom. The van der Waals surface area contributed by atoms with Crippen molar-refractivity contribution in [3.63, 3.8) is 0 Å². The van der Waals surface area contributed by atoms with Crippen LogP contribution in [0.3, 0.4) is 0 Å². The number of aromatic amines is 1. The molecular weight excluding hydrogens is 500 g/mol. The molecule has 0 spiro atoms. The summed E-state index contributed by atoms with van der Waals surface area (Å²) >= 11 is 0. The average Bonchev–Trinajstić information content (AvgIpc) is 3.12. The second-order valence-electron chi connectivity index (χ2n) is 9.90. The monoisotopic (exact) mass is 532 g/mol. The molecule has 2 heterocycles. The van der Waals surface area contributed by atoms with Crippen molar-refractivity contribution in [1.29, 1.82) is 0 Å². The third-order valence-electron chi connectivity index (χ3n) is 6.65. The second-order valence-corrected chi connectivity index (χ2v) is 11.6. The summed E-state index contributed by atoms with van der Waals surface area (Å²) < 4.78 is 33.9. The lowest BCUT2D eigenvalue weighted by atomic mass is 10.0. The molecule has 2 N–H and O–H groups in total. The highest BCUT2D eigenvalue weighted by Crippen LogP contribution is 2.31. The Labute approximate surface area is 223 Å². The van der Waals surface area contributed by atoms with Gasteiger partial charge in [-0.1, -0.05) is 19.1 Å². The average molecular weight is 533 g/mol. The van der Waals surface area contributed by atoms with Crippen LogP contribution < -0.4 is 9.46 Å². The normalized spacial score (nSPS) is 13.9. The van der Waals surface area contributed by atoms with E-state index in [1.807, 2.05) is 38.1 Å². The van der Waals surface area contributed by atoms with Crippen molar-refractivity contribution in [3.05, 3.63) is 77.1 Å². The fourth-order valence-electron chi connectivity index (χ4n) is 4.85. The number of benzene rings is 3. The summed E-state index contributed by atoms with van der Waals surface area (Å²) in [7, 11) is -3.65. The Bertz CT molecular complexity index is 1630.